The Morgan fingerprint density at radius 1 is 1.35 bits per heavy atom. The van der Waals surface area contributed by atoms with Crippen LogP contribution >= 0.6 is 0 Å². The van der Waals surface area contributed by atoms with Crippen molar-refractivity contribution in [2.75, 3.05) is 20.6 Å². The second kappa shape index (κ2) is 6.37. The van der Waals surface area contributed by atoms with Gasteiger partial charge in [-0.3, -0.25) is 9.58 Å². The normalized spacial score (nSPS) is 14.6. The Labute approximate surface area is 134 Å². The summed E-state index contributed by atoms with van der Waals surface area (Å²) in [6.45, 7) is 3.76. The summed E-state index contributed by atoms with van der Waals surface area (Å²) in [7, 11) is 5.35. The lowest BCUT2D eigenvalue weighted by Crippen LogP contribution is -2.36. The molecule has 0 aliphatic carbocycles. The Bertz CT molecular complexity index is 689. The summed E-state index contributed by atoms with van der Waals surface area (Å²) in [6.07, 6.45) is 3.92. The molecular weight excluding hydrogens is 296 g/mol. The van der Waals surface area contributed by atoms with Crippen molar-refractivity contribution in [2.24, 2.45) is 7.05 Å². The fraction of sp³-hybridized carbons (Fsp3) is 0.571. The van der Waals surface area contributed by atoms with E-state index in [1.807, 2.05) is 24.1 Å². The largest absolute Gasteiger partial charge is 0.331 e. The molecule has 3 rings (SSSR count). The third kappa shape index (κ3) is 3.50. The van der Waals surface area contributed by atoms with Crippen LogP contribution in [0.4, 0.5) is 4.79 Å². The van der Waals surface area contributed by atoms with E-state index < -0.39 is 0 Å². The lowest BCUT2D eigenvalue weighted by Gasteiger charge is -2.27. The van der Waals surface area contributed by atoms with Crippen molar-refractivity contribution >= 4 is 6.03 Å². The number of fused-ring (bicyclic) bond motifs is 1. The molecular formula is C14H22N8O. The van der Waals surface area contributed by atoms with Crippen molar-refractivity contribution in [1.29, 1.82) is 0 Å². The highest BCUT2D eigenvalue weighted by molar-refractivity contribution is 5.73. The number of nitrogens with zero attached hydrogens (tertiary/aromatic N) is 7. The van der Waals surface area contributed by atoms with Crippen LogP contribution in [0.2, 0.25) is 0 Å². The second-order valence-electron chi connectivity index (χ2n) is 5.97. The monoisotopic (exact) mass is 318 g/mol. The fourth-order valence-electron chi connectivity index (χ4n) is 2.66. The summed E-state index contributed by atoms with van der Waals surface area (Å²) >= 11 is 0. The fourth-order valence-corrected chi connectivity index (χ4v) is 2.66. The number of rotatable bonds is 4. The average Bonchev–Trinajstić information content (AvgIpc) is 3.10. The van der Waals surface area contributed by atoms with E-state index in [0.717, 1.165) is 37.8 Å². The van der Waals surface area contributed by atoms with Crippen LogP contribution in [0.1, 0.15) is 17.2 Å². The highest BCUT2D eigenvalue weighted by Gasteiger charge is 2.21. The Balaban J connectivity index is 1.60. The second-order valence-corrected chi connectivity index (χ2v) is 5.97. The number of hydrogen-bond donors (Lipinski definition) is 1. The lowest BCUT2D eigenvalue weighted by molar-refractivity contribution is 0.205. The van der Waals surface area contributed by atoms with Crippen molar-refractivity contribution in [1.82, 2.24) is 39.7 Å². The van der Waals surface area contributed by atoms with Crippen LogP contribution in [-0.2, 0) is 33.2 Å². The molecule has 1 aliphatic heterocycles. The third-order valence-corrected chi connectivity index (χ3v) is 3.88. The van der Waals surface area contributed by atoms with Crippen LogP contribution in [-0.4, -0.2) is 61.0 Å². The first-order valence-corrected chi connectivity index (χ1v) is 7.59. The van der Waals surface area contributed by atoms with Crippen LogP contribution in [0, 0.1) is 0 Å². The van der Waals surface area contributed by atoms with Crippen molar-refractivity contribution < 1.29 is 4.79 Å². The standard InChI is InChI=1S/C14H22N8O/c1-19(2)14(23)15-7-12-17-18-13-10-21(4-5-22(12)13)9-11-6-16-20(3)8-11/h6,8H,4-5,7,9-10H2,1-3H3,(H,15,23). The van der Waals surface area contributed by atoms with Crippen LogP contribution in [0.25, 0.3) is 0 Å². The lowest BCUT2D eigenvalue weighted by atomic mass is 10.3. The van der Waals surface area contributed by atoms with E-state index in [9.17, 15) is 4.79 Å². The molecule has 9 nitrogen and oxygen atoms in total. The minimum Gasteiger partial charge on any atom is -0.331 e. The molecule has 1 aliphatic rings. The van der Waals surface area contributed by atoms with E-state index in [1.165, 1.54) is 10.5 Å². The minimum atomic E-state index is -0.128. The predicted molar refractivity (Wildman–Crippen MR) is 83.3 cm³/mol. The smallest absolute Gasteiger partial charge is 0.317 e. The van der Waals surface area contributed by atoms with Gasteiger partial charge in [0.25, 0.3) is 0 Å². The molecule has 0 saturated carbocycles. The van der Waals surface area contributed by atoms with Gasteiger partial charge in [-0.25, -0.2) is 4.79 Å². The molecule has 0 saturated heterocycles. The Morgan fingerprint density at radius 2 is 2.17 bits per heavy atom. The highest BCUT2D eigenvalue weighted by atomic mass is 16.2. The molecule has 0 atom stereocenters. The number of nitrogens with one attached hydrogen (secondary N) is 1. The molecule has 2 amide bonds. The minimum absolute atomic E-state index is 0.128. The van der Waals surface area contributed by atoms with Gasteiger partial charge in [-0.2, -0.15) is 5.10 Å². The predicted octanol–water partition coefficient (Wildman–Crippen LogP) is -0.201. The maximum Gasteiger partial charge on any atom is 0.317 e. The molecule has 0 spiro atoms. The van der Waals surface area contributed by atoms with Gasteiger partial charge in [-0.15, -0.1) is 10.2 Å². The van der Waals surface area contributed by atoms with Crippen molar-refractivity contribution in [3.8, 4) is 0 Å². The van der Waals surface area contributed by atoms with Gasteiger partial charge in [-0.1, -0.05) is 0 Å². The molecule has 23 heavy (non-hydrogen) atoms. The summed E-state index contributed by atoms with van der Waals surface area (Å²) in [5, 5.41) is 15.5. The molecule has 2 aromatic heterocycles. The Kier molecular flexibility index (Phi) is 4.28. The van der Waals surface area contributed by atoms with Gasteiger partial charge in [-0.05, 0) is 0 Å². The zero-order chi connectivity index (χ0) is 16.4. The van der Waals surface area contributed by atoms with E-state index in [4.69, 9.17) is 0 Å². The maximum absolute atomic E-state index is 11.6. The van der Waals surface area contributed by atoms with Crippen molar-refractivity contribution in [2.45, 2.75) is 26.2 Å². The summed E-state index contributed by atoms with van der Waals surface area (Å²) in [5.74, 6) is 1.74. The number of urea groups is 1. The van der Waals surface area contributed by atoms with Crippen LogP contribution in [0.5, 0.6) is 0 Å². The van der Waals surface area contributed by atoms with E-state index in [2.05, 4.69) is 30.1 Å². The summed E-state index contributed by atoms with van der Waals surface area (Å²) < 4.78 is 3.91. The first-order valence-electron chi connectivity index (χ1n) is 7.59. The van der Waals surface area contributed by atoms with Crippen molar-refractivity contribution in [3.63, 3.8) is 0 Å². The Morgan fingerprint density at radius 3 is 2.87 bits per heavy atom. The molecule has 0 unspecified atom stereocenters. The van der Waals surface area contributed by atoms with Gasteiger partial charge in [0.15, 0.2) is 5.82 Å². The Hall–Kier alpha value is -2.42. The van der Waals surface area contributed by atoms with Gasteiger partial charge in [0.05, 0.1) is 19.3 Å². The van der Waals surface area contributed by atoms with Gasteiger partial charge >= 0.3 is 6.03 Å². The molecule has 124 valence electrons. The average molecular weight is 318 g/mol. The number of carbonyl (C=O) groups is 1. The topological polar surface area (TPSA) is 84.1 Å². The molecule has 9 heteroatoms. The highest BCUT2D eigenvalue weighted by Crippen LogP contribution is 2.15. The SMILES string of the molecule is CN(C)C(=O)NCc1nnc2n1CCN(Cc1cnn(C)c1)C2. The van der Waals surface area contributed by atoms with E-state index >= 15 is 0 Å². The van der Waals surface area contributed by atoms with Crippen LogP contribution in [0.3, 0.4) is 0 Å². The number of aromatic nitrogens is 5. The number of aryl methyl sites for hydroxylation is 1. The molecule has 2 aromatic rings. The van der Waals surface area contributed by atoms with Crippen LogP contribution < -0.4 is 5.32 Å². The van der Waals surface area contributed by atoms with E-state index in [1.54, 1.807) is 14.1 Å². The molecule has 0 bridgehead atoms. The molecule has 1 N–H and O–H groups in total. The zero-order valence-corrected chi connectivity index (χ0v) is 13.7. The van der Waals surface area contributed by atoms with Gasteiger partial charge in [0, 0.05) is 52.5 Å². The summed E-state index contributed by atoms with van der Waals surface area (Å²) in [5.41, 5.74) is 1.19. The third-order valence-electron chi connectivity index (χ3n) is 3.88. The first-order chi connectivity index (χ1) is 11.0. The van der Waals surface area contributed by atoms with Gasteiger partial charge < -0.3 is 14.8 Å². The molecule has 0 radical (unpaired) electrons. The first kappa shape index (κ1) is 15.5. The summed E-state index contributed by atoms with van der Waals surface area (Å²) in [6, 6.07) is -0.128. The van der Waals surface area contributed by atoms with Gasteiger partial charge in [0.1, 0.15) is 5.82 Å². The van der Waals surface area contributed by atoms with Crippen LogP contribution in [0.15, 0.2) is 12.4 Å². The van der Waals surface area contributed by atoms with E-state index in [-0.39, 0.29) is 6.03 Å². The number of amides is 2. The molecule has 3 heterocycles. The maximum atomic E-state index is 11.6. The number of hydrogen-bond acceptors (Lipinski definition) is 5. The molecule has 0 fully saturated rings. The van der Waals surface area contributed by atoms with Crippen molar-refractivity contribution in [3.05, 3.63) is 29.6 Å². The quantitative estimate of drug-likeness (QED) is 0.844. The van der Waals surface area contributed by atoms with E-state index in [0.29, 0.717) is 6.54 Å². The van der Waals surface area contributed by atoms with Gasteiger partial charge in [0.2, 0.25) is 0 Å². The zero-order valence-electron chi connectivity index (χ0n) is 13.7. The number of carbonyl (C=O) groups excluding carboxylic acids is 1. The summed E-state index contributed by atoms with van der Waals surface area (Å²) in [4.78, 5) is 15.4. The molecule has 0 aromatic carbocycles.